The van der Waals surface area contributed by atoms with Crippen molar-refractivity contribution in [3.8, 4) is 0 Å². The SMILES string of the molecule is [N-]=[N+]=NCC(=O)c1ccc2ccsc2c1. The lowest BCUT2D eigenvalue weighted by Crippen LogP contribution is -2.01. The van der Waals surface area contributed by atoms with Crippen LogP contribution in [0.25, 0.3) is 20.5 Å². The van der Waals surface area contributed by atoms with E-state index in [1.54, 1.807) is 17.4 Å². The summed E-state index contributed by atoms with van der Waals surface area (Å²) in [6, 6.07) is 7.48. The third-order valence-corrected chi connectivity index (χ3v) is 2.94. The first-order valence-corrected chi connectivity index (χ1v) is 5.20. The average Bonchev–Trinajstić information content (AvgIpc) is 2.72. The van der Waals surface area contributed by atoms with Crippen LogP contribution in [0.15, 0.2) is 34.8 Å². The summed E-state index contributed by atoms with van der Waals surface area (Å²) < 4.78 is 1.07. The van der Waals surface area contributed by atoms with E-state index in [9.17, 15) is 4.79 Å². The topological polar surface area (TPSA) is 65.8 Å². The molecule has 1 aromatic heterocycles. The molecule has 0 amide bonds. The molecule has 74 valence electrons. The fraction of sp³-hybridized carbons (Fsp3) is 0.100. The van der Waals surface area contributed by atoms with Crippen LogP contribution in [0.1, 0.15) is 10.4 Å². The number of thiophene rings is 1. The van der Waals surface area contributed by atoms with Gasteiger partial charge in [-0.15, -0.1) is 11.3 Å². The van der Waals surface area contributed by atoms with Crippen molar-refractivity contribution in [2.75, 3.05) is 6.54 Å². The highest BCUT2D eigenvalue weighted by Gasteiger charge is 2.05. The van der Waals surface area contributed by atoms with Crippen LogP contribution in [0.4, 0.5) is 0 Å². The number of carbonyl (C=O) groups is 1. The van der Waals surface area contributed by atoms with E-state index in [2.05, 4.69) is 10.0 Å². The maximum atomic E-state index is 11.5. The first kappa shape index (κ1) is 9.71. The van der Waals surface area contributed by atoms with Crippen molar-refractivity contribution >= 4 is 27.2 Å². The molecule has 0 spiro atoms. The van der Waals surface area contributed by atoms with Crippen molar-refractivity contribution < 1.29 is 4.79 Å². The van der Waals surface area contributed by atoms with Gasteiger partial charge in [0.25, 0.3) is 0 Å². The molecule has 0 aliphatic carbocycles. The van der Waals surface area contributed by atoms with Crippen LogP contribution < -0.4 is 0 Å². The lowest BCUT2D eigenvalue weighted by molar-refractivity contribution is 0.100. The van der Waals surface area contributed by atoms with Gasteiger partial charge in [-0.3, -0.25) is 4.79 Å². The molecule has 0 bridgehead atoms. The molecule has 15 heavy (non-hydrogen) atoms. The molecule has 1 heterocycles. The van der Waals surface area contributed by atoms with Crippen molar-refractivity contribution in [3.05, 3.63) is 45.7 Å². The molecule has 2 aromatic rings. The molecule has 0 radical (unpaired) electrons. The zero-order valence-corrected chi connectivity index (χ0v) is 8.57. The van der Waals surface area contributed by atoms with E-state index in [-0.39, 0.29) is 12.3 Å². The highest BCUT2D eigenvalue weighted by atomic mass is 32.1. The Balaban J connectivity index is 2.35. The molecule has 1 aromatic carbocycles. The number of hydrogen-bond acceptors (Lipinski definition) is 3. The molecule has 2 rings (SSSR count). The summed E-state index contributed by atoms with van der Waals surface area (Å²) in [5, 5.41) is 6.35. The van der Waals surface area contributed by atoms with Crippen molar-refractivity contribution in [1.29, 1.82) is 0 Å². The molecule has 0 saturated carbocycles. The highest BCUT2D eigenvalue weighted by Crippen LogP contribution is 2.22. The normalized spacial score (nSPS) is 9.87. The average molecular weight is 217 g/mol. The van der Waals surface area contributed by atoms with E-state index < -0.39 is 0 Å². The second kappa shape index (κ2) is 4.13. The summed E-state index contributed by atoms with van der Waals surface area (Å²) in [7, 11) is 0. The zero-order valence-electron chi connectivity index (χ0n) is 7.75. The van der Waals surface area contributed by atoms with Gasteiger partial charge in [-0.2, -0.15) is 0 Å². The Morgan fingerprint density at radius 2 is 2.33 bits per heavy atom. The van der Waals surface area contributed by atoms with Crippen molar-refractivity contribution in [1.82, 2.24) is 0 Å². The third kappa shape index (κ3) is 1.98. The first-order chi connectivity index (χ1) is 7.31. The monoisotopic (exact) mass is 217 g/mol. The molecule has 0 N–H and O–H groups in total. The van der Waals surface area contributed by atoms with Gasteiger partial charge in [0, 0.05) is 15.2 Å². The number of benzene rings is 1. The summed E-state index contributed by atoms with van der Waals surface area (Å²) in [5.41, 5.74) is 8.70. The minimum absolute atomic E-state index is 0.118. The molecular formula is C10H7N3OS. The van der Waals surface area contributed by atoms with Crippen LogP contribution in [-0.4, -0.2) is 12.3 Å². The van der Waals surface area contributed by atoms with Crippen LogP contribution in [0.5, 0.6) is 0 Å². The van der Waals surface area contributed by atoms with Gasteiger partial charge >= 0.3 is 0 Å². The van der Waals surface area contributed by atoms with E-state index in [0.29, 0.717) is 5.56 Å². The Labute approximate surface area is 89.8 Å². The van der Waals surface area contributed by atoms with E-state index >= 15 is 0 Å². The van der Waals surface area contributed by atoms with Gasteiger partial charge in [-0.1, -0.05) is 17.2 Å². The number of carbonyl (C=O) groups excluding carboxylic acids is 1. The molecule has 0 aliphatic heterocycles. The zero-order chi connectivity index (χ0) is 10.7. The van der Waals surface area contributed by atoms with Gasteiger partial charge in [0.05, 0.1) is 6.54 Å². The van der Waals surface area contributed by atoms with Crippen molar-refractivity contribution in [2.45, 2.75) is 0 Å². The van der Waals surface area contributed by atoms with Crippen molar-refractivity contribution in [2.24, 2.45) is 5.11 Å². The molecule has 4 nitrogen and oxygen atoms in total. The number of ketones is 1. The number of azide groups is 1. The van der Waals surface area contributed by atoms with Crippen LogP contribution in [-0.2, 0) is 0 Å². The van der Waals surface area contributed by atoms with E-state index in [0.717, 1.165) is 10.1 Å². The summed E-state index contributed by atoms with van der Waals surface area (Å²) in [5.74, 6) is -0.150. The Morgan fingerprint density at radius 3 is 3.13 bits per heavy atom. The Hall–Kier alpha value is -1.84. The van der Waals surface area contributed by atoms with Crippen LogP contribution in [0.3, 0.4) is 0 Å². The Bertz CT molecular complexity index is 555. The number of Topliss-reactive ketones (excluding diaryl/α,β-unsaturated/α-hetero) is 1. The largest absolute Gasteiger partial charge is 0.294 e. The Morgan fingerprint density at radius 1 is 1.47 bits per heavy atom. The summed E-state index contributed by atoms with van der Waals surface area (Å²) in [6.45, 7) is -0.118. The molecule has 0 atom stereocenters. The van der Waals surface area contributed by atoms with E-state index in [1.807, 2.05) is 23.6 Å². The van der Waals surface area contributed by atoms with Crippen molar-refractivity contribution in [3.63, 3.8) is 0 Å². The summed E-state index contributed by atoms with van der Waals surface area (Å²) in [6.07, 6.45) is 0. The standard InChI is InChI=1S/C10H7N3OS/c11-13-12-6-9(14)8-2-1-7-3-4-15-10(7)5-8/h1-5H,6H2. The van der Waals surface area contributed by atoms with Crippen LogP contribution in [0, 0.1) is 0 Å². The third-order valence-electron chi connectivity index (χ3n) is 2.06. The number of rotatable bonds is 3. The van der Waals surface area contributed by atoms with E-state index in [4.69, 9.17) is 5.53 Å². The molecular weight excluding hydrogens is 210 g/mol. The molecule has 5 heteroatoms. The predicted octanol–water partition coefficient (Wildman–Crippen LogP) is 3.39. The maximum absolute atomic E-state index is 11.5. The number of nitrogens with zero attached hydrogens (tertiary/aromatic N) is 3. The Kier molecular flexibility index (Phi) is 2.67. The fourth-order valence-corrected chi connectivity index (χ4v) is 2.14. The second-order valence-corrected chi connectivity index (χ2v) is 3.93. The lowest BCUT2D eigenvalue weighted by Gasteiger charge is -1.96. The summed E-state index contributed by atoms with van der Waals surface area (Å²) in [4.78, 5) is 14.1. The highest BCUT2D eigenvalue weighted by molar-refractivity contribution is 7.17. The number of fused-ring (bicyclic) bond motifs is 1. The quantitative estimate of drug-likeness (QED) is 0.336. The second-order valence-electron chi connectivity index (χ2n) is 2.99. The minimum Gasteiger partial charge on any atom is -0.294 e. The van der Waals surface area contributed by atoms with Gasteiger partial charge in [-0.05, 0) is 28.4 Å². The van der Waals surface area contributed by atoms with Gasteiger partial charge < -0.3 is 0 Å². The van der Waals surface area contributed by atoms with Gasteiger partial charge in [0.15, 0.2) is 5.78 Å². The molecule has 0 aliphatic rings. The smallest absolute Gasteiger partial charge is 0.168 e. The van der Waals surface area contributed by atoms with Gasteiger partial charge in [-0.25, -0.2) is 0 Å². The predicted molar refractivity (Wildman–Crippen MR) is 60.2 cm³/mol. The van der Waals surface area contributed by atoms with Gasteiger partial charge in [0.1, 0.15) is 0 Å². The van der Waals surface area contributed by atoms with Crippen LogP contribution >= 0.6 is 11.3 Å². The number of hydrogen-bond donors (Lipinski definition) is 0. The first-order valence-electron chi connectivity index (χ1n) is 4.32. The van der Waals surface area contributed by atoms with E-state index in [1.165, 1.54) is 0 Å². The summed E-state index contributed by atoms with van der Waals surface area (Å²) >= 11 is 1.59. The molecule has 0 fully saturated rings. The lowest BCUT2D eigenvalue weighted by atomic mass is 10.1. The maximum Gasteiger partial charge on any atom is 0.168 e. The van der Waals surface area contributed by atoms with Crippen LogP contribution in [0.2, 0.25) is 0 Å². The minimum atomic E-state index is -0.150. The van der Waals surface area contributed by atoms with Gasteiger partial charge in [0.2, 0.25) is 0 Å². The fourth-order valence-electron chi connectivity index (χ4n) is 1.32. The molecule has 0 unspecified atom stereocenters. The molecule has 0 saturated heterocycles.